The summed E-state index contributed by atoms with van der Waals surface area (Å²) in [5.74, 6) is 1.70. The van der Waals surface area contributed by atoms with Gasteiger partial charge in [0.2, 0.25) is 0 Å². The van der Waals surface area contributed by atoms with E-state index in [0.717, 1.165) is 18.9 Å². The summed E-state index contributed by atoms with van der Waals surface area (Å²) in [7, 11) is 0. The second-order valence-electron chi connectivity index (χ2n) is 2.99. The molecule has 0 fully saturated rings. The SMILES string of the molecule is c1c[n+]2c(s1)NCC1CNN=C12. The summed E-state index contributed by atoms with van der Waals surface area (Å²) in [6, 6.07) is 0. The van der Waals surface area contributed by atoms with Gasteiger partial charge in [-0.25, -0.2) is 5.43 Å². The van der Waals surface area contributed by atoms with Crippen molar-refractivity contribution >= 4 is 22.3 Å². The first kappa shape index (κ1) is 6.42. The second kappa shape index (κ2) is 2.20. The molecule has 1 aromatic rings. The zero-order valence-corrected chi connectivity index (χ0v) is 7.27. The minimum absolute atomic E-state index is 0.539. The van der Waals surface area contributed by atoms with Crippen LogP contribution < -0.4 is 15.3 Å². The Hall–Kier alpha value is -1.10. The van der Waals surface area contributed by atoms with E-state index in [-0.39, 0.29) is 0 Å². The topological polar surface area (TPSA) is 40.3 Å². The zero-order valence-electron chi connectivity index (χ0n) is 6.45. The molecule has 0 saturated carbocycles. The summed E-state index contributed by atoms with van der Waals surface area (Å²) in [5.41, 5.74) is 3.03. The number of nitrogens with zero attached hydrogens (tertiary/aromatic N) is 2. The average molecular weight is 181 g/mol. The maximum absolute atomic E-state index is 4.27. The van der Waals surface area contributed by atoms with Gasteiger partial charge in [-0.15, -0.1) is 0 Å². The number of hydrogen-bond acceptors (Lipinski definition) is 4. The number of rotatable bonds is 0. The maximum atomic E-state index is 4.27. The molecule has 0 radical (unpaired) electrons. The first-order valence-electron chi connectivity index (χ1n) is 3.99. The summed E-state index contributed by atoms with van der Waals surface area (Å²) >= 11 is 1.72. The molecule has 4 nitrogen and oxygen atoms in total. The van der Waals surface area contributed by atoms with Gasteiger partial charge in [0.15, 0.2) is 0 Å². The lowest BCUT2D eigenvalue weighted by atomic mass is 10.1. The Morgan fingerprint density at radius 1 is 1.58 bits per heavy atom. The van der Waals surface area contributed by atoms with E-state index in [4.69, 9.17) is 0 Å². The smallest absolute Gasteiger partial charge is 0.284 e. The summed E-state index contributed by atoms with van der Waals surface area (Å²) < 4.78 is 2.12. The van der Waals surface area contributed by atoms with Crippen LogP contribution >= 0.6 is 11.3 Å². The fourth-order valence-corrected chi connectivity index (χ4v) is 2.38. The van der Waals surface area contributed by atoms with Crippen molar-refractivity contribution in [3.8, 4) is 0 Å². The Kier molecular flexibility index (Phi) is 1.17. The third-order valence-electron chi connectivity index (χ3n) is 2.25. The van der Waals surface area contributed by atoms with Crippen LogP contribution in [0.1, 0.15) is 0 Å². The van der Waals surface area contributed by atoms with E-state index in [1.165, 1.54) is 5.13 Å². The lowest BCUT2D eigenvalue weighted by Gasteiger charge is -2.13. The minimum atomic E-state index is 0.539. The lowest BCUT2D eigenvalue weighted by Crippen LogP contribution is -2.52. The highest BCUT2D eigenvalue weighted by Crippen LogP contribution is 2.17. The van der Waals surface area contributed by atoms with Gasteiger partial charge in [0.1, 0.15) is 5.92 Å². The van der Waals surface area contributed by atoms with E-state index in [1.807, 2.05) is 0 Å². The molecule has 5 heteroatoms. The number of thiazole rings is 1. The summed E-state index contributed by atoms with van der Waals surface area (Å²) in [6.07, 6.45) is 2.06. The molecule has 0 amide bonds. The third kappa shape index (κ3) is 0.714. The molecule has 1 aromatic heterocycles. The van der Waals surface area contributed by atoms with Crippen molar-refractivity contribution in [3.63, 3.8) is 0 Å². The van der Waals surface area contributed by atoms with Crippen LogP contribution in [0.15, 0.2) is 16.7 Å². The van der Waals surface area contributed by atoms with Gasteiger partial charge in [0.05, 0.1) is 19.3 Å². The van der Waals surface area contributed by atoms with E-state index >= 15 is 0 Å². The number of fused-ring (bicyclic) bond motifs is 3. The standard InChI is InChI=1S/C7H8N4S/c1-2-12-7-8-3-5-4-9-10-6(5)11(1)7/h1-2,5,9H,3-4H2/p+1. The highest BCUT2D eigenvalue weighted by Gasteiger charge is 2.35. The molecule has 2 aliphatic heterocycles. The fraction of sp³-hybridized carbons (Fsp3) is 0.429. The second-order valence-corrected chi connectivity index (χ2v) is 3.88. The lowest BCUT2D eigenvalue weighted by molar-refractivity contribution is -0.541. The van der Waals surface area contributed by atoms with Crippen LogP contribution in [0.4, 0.5) is 5.13 Å². The molecule has 0 aliphatic carbocycles. The summed E-state index contributed by atoms with van der Waals surface area (Å²) in [6.45, 7) is 1.97. The van der Waals surface area contributed by atoms with Crippen LogP contribution in [-0.2, 0) is 0 Å². The van der Waals surface area contributed by atoms with Gasteiger partial charge in [0, 0.05) is 5.38 Å². The highest BCUT2D eigenvalue weighted by atomic mass is 32.1. The van der Waals surface area contributed by atoms with Gasteiger partial charge in [-0.05, 0) is 5.10 Å². The largest absolute Gasteiger partial charge is 0.295 e. The quantitative estimate of drug-likeness (QED) is 0.546. The van der Waals surface area contributed by atoms with Crippen LogP contribution in [0.25, 0.3) is 0 Å². The first-order valence-corrected chi connectivity index (χ1v) is 4.87. The van der Waals surface area contributed by atoms with E-state index in [1.54, 1.807) is 11.3 Å². The number of anilines is 1. The molecule has 1 atom stereocenters. The van der Waals surface area contributed by atoms with Crippen molar-refractivity contribution in [2.24, 2.45) is 11.0 Å². The Labute approximate surface area is 73.9 Å². The van der Waals surface area contributed by atoms with Crippen LogP contribution in [0.2, 0.25) is 0 Å². The molecular formula is C7H9N4S+. The molecular weight excluding hydrogens is 172 g/mol. The fourth-order valence-electron chi connectivity index (χ4n) is 1.63. The predicted octanol–water partition coefficient (Wildman–Crippen LogP) is -0.158. The van der Waals surface area contributed by atoms with Crippen molar-refractivity contribution in [2.45, 2.75) is 0 Å². The van der Waals surface area contributed by atoms with Crippen LogP contribution in [0, 0.1) is 5.92 Å². The van der Waals surface area contributed by atoms with Crippen molar-refractivity contribution < 1.29 is 4.57 Å². The van der Waals surface area contributed by atoms with Crippen molar-refractivity contribution in [3.05, 3.63) is 11.6 Å². The van der Waals surface area contributed by atoms with E-state index in [0.29, 0.717) is 5.92 Å². The van der Waals surface area contributed by atoms with Gasteiger partial charge < -0.3 is 0 Å². The maximum Gasteiger partial charge on any atom is 0.284 e. The number of nitrogens with one attached hydrogen (secondary N) is 2. The monoisotopic (exact) mass is 181 g/mol. The Balaban J connectivity index is 2.15. The molecule has 62 valence electrons. The molecule has 2 N–H and O–H groups in total. The molecule has 0 aromatic carbocycles. The molecule has 12 heavy (non-hydrogen) atoms. The van der Waals surface area contributed by atoms with Crippen LogP contribution in [0.5, 0.6) is 0 Å². The van der Waals surface area contributed by atoms with E-state index < -0.39 is 0 Å². The van der Waals surface area contributed by atoms with Gasteiger partial charge in [0.25, 0.3) is 11.0 Å². The van der Waals surface area contributed by atoms with Gasteiger partial charge in [-0.3, -0.25) is 5.32 Å². The Morgan fingerprint density at radius 3 is 3.58 bits per heavy atom. The van der Waals surface area contributed by atoms with E-state index in [9.17, 15) is 0 Å². The van der Waals surface area contributed by atoms with Crippen molar-refractivity contribution in [1.29, 1.82) is 0 Å². The number of hydrogen-bond donors (Lipinski definition) is 2. The molecule has 1 unspecified atom stereocenters. The molecule has 2 aliphatic rings. The number of hydrazone groups is 1. The third-order valence-corrected chi connectivity index (χ3v) is 3.07. The zero-order chi connectivity index (χ0) is 7.97. The van der Waals surface area contributed by atoms with E-state index in [2.05, 4.69) is 32.0 Å². The molecule has 0 bridgehead atoms. The molecule has 3 rings (SSSR count). The highest BCUT2D eigenvalue weighted by molar-refractivity contribution is 7.13. The number of aromatic nitrogens is 1. The van der Waals surface area contributed by atoms with Gasteiger partial charge in [-0.1, -0.05) is 11.3 Å². The van der Waals surface area contributed by atoms with Gasteiger partial charge >= 0.3 is 0 Å². The van der Waals surface area contributed by atoms with Crippen molar-refractivity contribution in [2.75, 3.05) is 18.4 Å². The summed E-state index contributed by atoms with van der Waals surface area (Å²) in [4.78, 5) is 0. The first-order chi connectivity index (χ1) is 5.95. The Bertz CT molecular complexity index is 343. The van der Waals surface area contributed by atoms with Crippen molar-refractivity contribution in [1.82, 2.24) is 5.43 Å². The average Bonchev–Trinajstić information content (AvgIpc) is 2.71. The summed E-state index contributed by atoms with van der Waals surface area (Å²) in [5, 5.41) is 10.9. The van der Waals surface area contributed by atoms with Crippen LogP contribution in [0.3, 0.4) is 0 Å². The Morgan fingerprint density at radius 2 is 2.58 bits per heavy atom. The van der Waals surface area contributed by atoms with Gasteiger partial charge in [-0.2, -0.15) is 4.57 Å². The molecule has 0 saturated heterocycles. The minimum Gasteiger partial charge on any atom is -0.295 e. The van der Waals surface area contributed by atoms with Crippen LogP contribution in [-0.4, -0.2) is 18.9 Å². The predicted molar refractivity (Wildman–Crippen MR) is 47.3 cm³/mol. The molecule has 0 spiro atoms. The normalized spacial score (nSPS) is 25.0. The molecule has 3 heterocycles.